The number of halogens is 3. The molecule has 1 fully saturated rings. The van der Waals surface area contributed by atoms with Gasteiger partial charge in [0.15, 0.2) is 5.69 Å². The summed E-state index contributed by atoms with van der Waals surface area (Å²) < 4.78 is 45.8. The zero-order valence-electron chi connectivity index (χ0n) is 14.5. The Hall–Kier alpha value is -3.15. The van der Waals surface area contributed by atoms with E-state index in [-0.39, 0.29) is 22.6 Å². The molecule has 1 aliphatic rings. The summed E-state index contributed by atoms with van der Waals surface area (Å²) in [5, 5.41) is 9.24. The molecule has 2 N–H and O–H groups in total. The lowest BCUT2D eigenvalue weighted by Crippen LogP contribution is -2.21. The second-order valence-corrected chi connectivity index (χ2v) is 6.17. The van der Waals surface area contributed by atoms with E-state index in [4.69, 9.17) is 10.5 Å². The first-order valence-corrected chi connectivity index (χ1v) is 8.23. The Kier molecular flexibility index (Phi) is 4.74. The lowest BCUT2D eigenvalue weighted by atomic mass is 10.1. The van der Waals surface area contributed by atoms with Crippen molar-refractivity contribution in [1.82, 2.24) is 4.57 Å². The number of rotatable bonds is 3. The van der Waals surface area contributed by atoms with Crippen LogP contribution in [0.4, 0.5) is 24.5 Å². The Balaban J connectivity index is 2.29. The van der Waals surface area contributed by atoms with Crippen LogP contribution < -0.4 is 10.6 Å². The highest BCUT2D eigenvalue weighted by Gasteiger charge is 2.33. The van der Waals surface area contributed by atoms with Gasteiger partial charge in [-0.2, -0.15) is 18.4 Å². The zero-order chi connectivity index (χ0) is 19.8. The third-order valence-corrected chi connectivity index (χ3v) is 4.55. The molecule has 0 saturated carbocycles. The van der Waals surface area contributed by atoms with Gasteiger partial charge in [0.25, 0.3) is 0 Å². The maximum Gasteiger partial charge on any atom is 0.416 e. The number of methoxy groups -OCH3 is 1. The van der Waals surface area contributed by atoms with Crippen LogP contribution in [-0.2, 0) is 10.9 Å². The molecule has 0 radical (unpaired) electrons. The summed E-state index contributed by atoms with van der Waals surface area (Å²) in [6.07, 6.45) is -1.46. The molecule has 3 rings (SSSR count). The SMILES string of the molecule is COC(=O)c1c(N)c(C#N)cn1-c1cc(C(F)(F)F)ccc1N1CCCC1. The molecule has 0 aliphatic carbocycles. The predicted molar refractivity (Wildman–Crippen MR) is 92.7 cm³/mol. The van der Waals surface area contributed by atoms with E-state index >= 15 is 0 Å². The molecule has 2 heterocycles. The van der Waals surface area contributed by atoms with Crippen LogP contribution in [0.5, 0.6) is 0 Å². The fourth-order valence-corrected chi connectivity index (χ4v) is 3.22. The van der Waals surface area contributed by atoms with Crippen LogP contribution in [0.3, 0.4) is 0 Å². The van der Waals surface area contributed by atoms with Gasteiger partial charge >= 0.3 is 12.1 Å². The second-order valence-electron chi connectivity index (χ2n) is 6.17. The van der Waals surface area contributed by atoms with E-state index in [1.54, 1.807) is 0 Å². The van der Waals surface area contributed by atoms with Gasteiger partial charge in [0, 0.05) is 19.3 Å². The zero-order valence-corrected chi connectivity index (χ0v) is 14.5. The van der Waals surface area contributed by atoms with Crippen molar-refractivity contribution in [1.29, 1.82) is 5.26 Å². The van der Waals surface area contributed by atoms with Gasteiger partial charge in [-0.1, -0.05) is 0 Å². The summed E-state index contributed by atoms with van der Waals surface area (Å²) in [4.78, 5) is 14.1. The van der Waals surface area contributed by atoms with Gasteiger partial charge in [-0.05, 0) is 31.0 Å². The number of alkyl halides is 3. The third kappa shape index (κ3) is 3.30. The number of nitrogens with two attached hydrogens (primary N) is 1. The standard InChI is InChI=1S/C18H17F3N4O2/c1-27-17(26)16-15(23)11(9-22)10-25(16)14-8-12(18(19,20)21)4-5-13(14)24-6-2-3-7-24/h4-5,8,10H,2-3,6-7,23H2,1H3. The number of ether oxygens (including phenoxy) is 1. The molecule has 1 aliphatic heterocycles. The second kappa shape index (κ2) is 6.87. The molecule has 1 saturated heterocycles. The van der Waals surface area contributed by atoms with Gasteiger partial charge < -0.3 is 19.9 Å². The minimum absolute atomic E-state index is 0.0137. The Morgan fingerprint density at radius 2 is 1.93 bits per heavy atom. The number of nitrogen functional groups attached to an aromatic ring is 1. The first-order valence-electron chi connectivity index (χ1n) is 8.23. The van der Waals surface area contributed by atoms with Gasteiger partial charge in [0.1, 0.15) is 6.07 Å². The van der Waals surface area contributed by atoms with Crippen LogP contribution in [0.15, 0.2) is 24.4 Å². The van der Waals surface area contributed by atoms with Crippen molar-refractivity contribution >= 4 is 17.3 Å². The number of esters is 1. The van der Waals surface area contributed by atoms with E-state index in [0.717, 1.165) is 32.1 Å². The quantitative estimate of drug-likeness (QED) is 0.828. The van der Waals surface area contributed by atoms with Crippen LogP contribution in [0.2, 0.25) is 0 Å². The van der Waals surface area contributed by atoms with Crippen molar-refractivity contribution in [2.24, 2.45) is 0 Å². The lowest BCUT2D eigenvalue weighted by Gasteiger charge is -2.24. The average molecular weight is 378 g/mol. The molecule has 142 valence electrons. The number of carbonyl (C=O) groups is 1. The molecule has 0 unspecified atom stereocenters. The Labute approximate surface area is 153 Å². The van der Waals surface area contributed by atoms with Gasteiger partial charge in [0.05, 0.1) is 35.3 Å². The number of hydrogen-bond donors (Lipinski definition) is 1. The van der Waals surface area contributed by atoms with Gasteiger partial charge in [-0.25, -0.2) is 4.79 Å². The number of benzene rings is 1. The van der Waals surface area contributed by atoms with Crippen LogP contribution in [0, 0.1) is 11.3 Å². The lowest BCUT2D eigenvalue weighted by molar-refractivity contribution is -0.137. The van der Waals surface area contributed by atoms with Crippen LogP contribution in [0.1, 0.15) is 34.5 Å². The van der Waals surface area contributed by atoms with Crippen molar-refractivity contribution in [3.8, 4) is 11.8 Å². The summed E-state index contributed by atoms with van der Waals surface area (Å²) in [7, 11) is 1.14. The van der Waals surface area contributed by atoms with Crippen LogP contribution >= 0.6 is 0 Å². The van der Waals surface area contributed by atoms with Crippen molar-refractivity contribution < 1.29 is 22.7 Å². The molecular weight excluding hydrogens is 361 g/mol. The summed E-state index contributed by atoms with van der Waals surface area (Å²) in [5.41, 5.74) is 5.36. The molecule has 9 heteroatoms. The molecule has 1 aromatic carbocycles. The number of anilines is 2. The molecule has 27 heavy (non-hydrogen) atoms. The smallest absolute Gasteiger partial charge is 0.416 e. The molecule has 0 bridgehead atoms. The van der Waals surface area contributed by atoms with E-state index in [2.05, 4.69) is 0 Å². The number of nitriles is 1. The Morgan fingerprint density at radius 3 is 2.48 bits per heavy atom. The van der Waals surface area contributed by atoms with Crippen molar-refractivity contribution in [2.45, 2.75) is 19.0 Å². The van der Waals surface area contributed by atoms with E-state index in [1.807, 2.05) is 11.0 Å². The summed E-state index contributed by atoms with van der Waals surface area (Å²) in [6, 6.07) is 5.20. The molecular formula is C18H17F3N4O2. The van der Waals surface area contributed by atoms with E-state index in [9.17, 15) is 23.2 Å². The molecule has 2 aromatic rings. The summed E-state index contributed by atoms with van der Waals surface area (Å²) >= 11 is 0. The van der Waals surface area contributed by atoms with E-state index in [1.165, 1.54) is 16.8 Å². The van der Waals surface area contributed by atoms with Crippen molar-refractivity contribution in [2.75, 3.05) is 30.8 Å². The maximum absolute atomic E-state index is 13.3. The highest BCUT2D eigenvalue weighted by atomic mass is 19.4. The largest absolute Gasteiger partial charge is 0.464 e. The Bertz CT molecular complexity index is 922. The van der Waals surface area contributed by atoms with Crippen LogP contribution in [0.25, 0.3) is 5.69 Å². The van der Waals surface area contributed by atoms with Gasteiger partial charge in [-0.15, -0.1) is 0 Å². The molecule has 1 aromatic heterocycles. The first-order chi connectivity index (χ1) is 12.8. The molecule has 0 atom stereocenters. The topological polar surface area (TPSA) is 84.3 Å². The molecule has 0 spiro atoms. The minimum Gasteiger partial charge on any atom is -0.464 e. The first kappa shape index (κ1) is 18.6. The summed E-state index contributed by atoms with van der Waals surface area (Å²) in [5.74, 6) is -0.834. The summed E-state index contributed by atoms with van der Waals surface area (Å²) in [6.45, 7) is 1.38. The fraction of sp³-hybridized carbons (Fsp3) is 0.333. The third-order valence-electron chi connectivity index (χ3n) is 4.55. The van der Waals surface area contributed by atoms with Crippen molar-refractivity contribution in [3.63, 3.8) is 0 Å². The fourth-order valence-electron chi connectivity index (χ4n) is 3.22. The number of carbonyl (C=O) groups excluding carboxylic acids is 1. The van der Waals surface area contributed by atoms with Crippen molar-refractivity contribution in [3.05, 3.63) is 41.2 Å². The highest BCUT2D eigenvalue weighted by Crippen LogP contribution is 2.37. The monoisotopic (exact) mass is 378 g/mol. The Morgan fingerprint density at radius 1 is 1.26 bits per heavy atom. The highest BCUT2D eigenvalue weighted by molar-refractivity contribution is 5.96. The molecule has 0 amide bonds. The maximum atomic E-state index is 13.3. The minimum atomic E-state index is -4.56. The number of hydrogen-bond acceptors (Lipinski definition) is 5. The van der Waals surface area contributed by atoms with Crippen LogP contribution in [-0.4, -0.2) is 30.7 Å². The molecule has 6 nitrogen and oxygen atoms in total. The van der Waals surface area contributed by atoms with Gasteiger partial charge in [-0.3, -0.25) is 0 Å². The van der Waals surface area contributed by atoms with E-state index in [0.29, 0.717) is 18.8 Å². The van der Waals surface area contributed by atoms with E-state index < -0.39 is 17.7 Å². The number of nitrogens with zero attached hydrogens (tertiary/aromatic N) is 3. The predicted octanol–water partition coefficient (Wildman–Crippen LogP) is 3.34. The normalized spacial score (nSPS) is 14.3. The van der Waals surface area contributed by atoms with Gasteiger partial charge in [0.2, 0.25) is 0 Å². The number of aromatic nitrogens is 1. The average Bonchev–Trinajstić information content (AvgIpc) is 3.27.